The Morgan fingerprint density at radius 2 is 1.81 bits per heavy atom. The summed E-state index contributed by atoms with van der Waals surface area (Å²) in [6, 6.07) is 12.8. The summed E-state index contributed by atoms with van der Waals surface area (Å²) in [6.07, 6.45) is 0. The molecule has 0 saturated carbocycles. The average Bonchev–Trinajstić information content (AvgIpc) is 2.70. The summed E-state index contributed by atoms with van der Waals surface area (Å²) in [6.45, 7) is 6.00. The van der Waals surface area contributed by atoms with Gasteiger partial charge in [0.2, 0.25) is 0 Å². The minimum absolute atomic E-state index is 0.107. The number of nitrogens with one attached hydrogen (secondary N) is 1. The van der Waals surface area contributed by atoms with Gasteiger partial charge in [0.25, 0.3) is 11.8 Å². The van der Waals surface area contributed by atoms with Gasteiger partial charge in [-0.1, -0.05) is 24.3 Å². The van der Waals surface area contributed by atoms with E-state index < -0.39 is 0 Å². The van der Waals surface area contributed by atoms with Gasteiger partial charge in [0.05, 0.1) is 24.5 Å². The molecular weight excluding hydrogens is 344 g/mol. The number of rotatable bonds is 5. The average molecular weight is 368 g/mol. The third kappa shape index (κ3) is 4.65. The van der Waals surface area contributed by atoms with Crippen molar-refractivity contribution in [3.8, 4) is 5.75 Å². The number of benzene rings is 2. The largest absolute Gasteiger partial charge is 0.483 e. The first-order valence-corrected chi connectivity index (χ1v) is 9.01. The first-order valence-electron chi connectivity index (χ1n) is 9.01. The molecule has 1 saturated heterocycles. The van der Waals surface area contributed by atoms with Crippen LogP contribution in [0.5, 0.6) is 5.75 Å². The fraction of sp³-hybridized carbons (Fsp3) is 0.333. The topological polar surface area (TPSA) is 67.9 Å². The van der Waals surface area contributed by atoms with E-state index in [1.807, 2.05) is 32.0 Å². The molecule has 0 radical (unpaired) electrons. The molecule has 1 fully saturated rings. The van der Waals surface area contributed by atoms with Crippen molar-refractivity contribution < 1.29 is 19.1 Å². The Morgan fingerprint density at radius 3 is 2.59 bits per heavy atom. The predicted molar refractivity (Wildman–Crippen MR) is 103 cm³/mol. The zero-order valence-corrected chi connectivity index (χ0v) is 15.7. The normalized spacial score (nSPS) is 13.9. The van der Waals surface area contributed by atoms with E-state index >= 15 is 0 Å². The third-order valence-electron chi connectivity index (χ3n) is 4.64. The molecule has 6 nitrogen and oxygen atoms in total. The van der Waals surface area contributed by atoms with Crippen molar-refractivity contribution in [3.63, 3.8) is 0 Å². The molecule has 1 aliphatic rings. The SMILES string of the molecule is Cc1cccc(OCC(=O)Nc2ccccc2C(=O)N2CCOCC2)c1C. The zero-order valence-electron chi connectivity index (χ0n) is 15.7. The molecule has 0 spiro atoms. The molecule has 2 aromatic carbocycles. The molecule has 1 N–H and O–H groups in total. The van der Waals surface area contributed by atoms with Crippen molar-refractivity contribution in [1.82, 2.24) is 4.90 Å². The van der Waals surface area contributed by atoms with Gasteiger partial charge in [0, 0.05) is 13.1 Å². The number of ether oxygens (including phenoxy) is 2. The maximum atomic E-state index is 12.8. The maximum Gasteiger partial charge on any atom is 0.262 e. The minimum Gasteiger partial charge on any atom is -0.483 e. The Kier molecular flexibility index (Phi) is 6.08. The summed E-state index contributed by atoms with van der Waals surface area (Å²) < 4.78 is 10.9. The van der Waals surface area contributed by atoms with Gasteiger partial charge in [-0.05, 0) is 43.2 Å². The molecule has 0 aliphatic carbocycles. The lowest BCUT2D eigenvalue weighted by molar-refractivity contribution is -0.118. The number of hydrogen-bond acceptors (Lipinski definition) is 4. The summed E-state index contributed by atoms with van der Waals surface area (Å²) >= 11 is 0. The Morgan fingerprint density at radius 1 is 1.07 bits per heavy atom. The van der Waals surface area contributed by atoms with E-state index in [2.05, 4.69) is 5.32 Å². The standard InChI is InChI=1S/C21H24N2O4/c1-15-6-5-9-19(16(15)2)27-14-20(24)22-18-8-4-3-7-17(18)21(25)23-10-12-26-13-11-23/h3-9H,10-14H2,1-2H3,(H,22,24). The Balaban J connectivity index is 1.65. The lowest BCUT2D eigenvalue weighted by Crippen LogP contribution is -2.41. The van der Waals surface area contributed by atoms with Gasteiger partial charge >= 0.3 is 0 Å². The third-order valence-corrected chi connectivity index (χ3v) is 4.64. The van der Waals surface area contributed by atoms with Crippen LogP contribution >= 0.6 is 0 Å². The number of anilines is 1. The van der Waals surface area contributed by atoms with Crippen LogP contribution in [0.4, 0.5) is 5.69 Å². The van der Waals surface area contributed by atoms with Crippen molar-refractivity contribution >= 4 is 17.5 Å². The highest BCUT2D eigenvalue weighted by Crippen LogP contribution is 2.21. The molecular formula is C21H24N2O4. The van der Waals surface area contributed by atoms with Gasteiger partial charge in [-0.3, -0.25) is 9.59 Å². The number of morpholine rings is 1. The van der Waals surface area contributed by atoms with Crippen LogP contribution in [0.3, 0.4) is 0 Å². The van der Waals surface area contributed by atoms with E-state index in [9.17, 15) is 9.59 Å². The smallest absolute Gasteiger partial charge is 0.262 e. The fourth-order valence-corrected chi connectivity index (χ4v) is 2.93. The molecule has 0 bridgehead atoms. The zero-order chi connectivity index (χ0) is 19.2. The van der Waals surface area contributed by atoms with Gasteiger partial charge in [-0.2, -0.15) is 0 Å². The van der Waals surface area contributed by atoms with Gasteiger partial charge in [0.15, 0.2) is 6.61 Å². The van der Waals surface area contributed by atoms with E-state index in [4.69, 9.17) is 9.47 Å². The van der Waals surface area contributed by atoms with Crippen LogP contribution in [0.1, 0.15) is 21.5 Å². The first kappa shape index (κ1) is 18.9. The number of hydrogen-bond donors (Lipinski definition) is 1. The highest BCUT2D eigenvalue weighted by atomic mass is 16.5. The second-order valence-corrected chi connectivity index (χ2v) is 6.49. The summed E-state index contributed by atoms with van der Waals surface area (Å²) in [5.74, 6) is 0.269. The number of amides is 2. The highest BCUT2D eigenvalue weighted by molar-refractivity contribution is 6.04. The van der Waals surface area contributed by atoms with E-state index in [0.717, 1.165) is 11.1 Å². The molecule has 3 rings (SSSR count). The van der Waals surface area contributed by atoms with Crippen LogP contribution in [0, 0.1) is 13.8 Å². The number of carbonyl (C=O) groups excluding carboxylic acids is 2. The molecule has 0 unspecified atom stereocenters. The van der Waals surface area contributed by atoms with Crippen molar-refractivity contribution in [2.75, 3.05) is 38.2 Å². The first-order chi connectivity index (χ1) is 13.1. The lowest BCUT2D eigenvalue weighted by atomic mass is 10.1. The number of aryl methyl sites for hydroxylation is 1. The molecule has 27 heavy (non-hydrogen) atoms. The van der Waals surface area contributed by atoms with Gasteiger partial charge in [-0.25, -0.2) is 0 Å². The van der Waals surface area contributed by atoms with Crippen LogP contribution in [0.2, 0.25) is 0 Å². The monoisotopic (exact) mass is 368 g/mol. The van der Waals surface area contributed by atoms with Crippen LogP contribution in [-0.4, -0.2) is 49.6 Å². The molecule has 2 aromatic rings. The molecule has 1 aliphatic heterocycles. The van der Waals surface area contributed by atoms with Crippen LogP contribution in [0.25, 0.3) is 0 Å². The second kappa shape index (κ2) is 8.68. The fourth-order valence-electron chi connectivity index (χ4n) is 2.93. The van der Waals surface area contributed by atoms with Gasteiger partial charge in [0.1, 0.15) is 5.75 Å². The van der Waals surface area contributed by atoms with Crippen LogP contribution in [0.15, 0.2) is 42.5 Å². The molecule has 142 valence electrons. The highest BCUT2D eigenvalue weighted by Gasteiger charge is 2.21. The Labute approximate surface area is 159 Å². The molecule has 6 heteroatoms. The lowest BCUT2D eigenvalue weighted by Gasteiger charge is -2.27. The van der Waals surface area contributed by atoms with E-state index in [1.165, 1.54) is 0 Å². The van der Waals surface area contributed by atoms with Crippen LogP contribution in [-0.2, 0) is 9.53 Å². The number of carbonyl (C=O) groups is 2. The van der Waals surface area contributed by atoms with E-state index in [-0.39, 0.29) is 18.4 Å². The minimum atomic E-state index is -0.307. The molecule has 0 aromatic heterocycles. The molecule has 2 amide bonds. The number of nitrogens with zero attached hydrogens (tertiary/aromatic N) is 1. The summed E-state index contributed by atoms with van der Waals surface area (Å²) in [5, 5.41) is 2.79. The van der Waals surface area contributed by atoms with E-state index in [0.29, 0.717) is 43.3 Å². The van der Waals surface area contributed by atoms with Gasteiger partial charge < -0.3 is 19.7 Å². The summed E-state index contributed by atoms with van der Waals surface area (Å²) in [5.41, 5.74) is 3.07. The van der Waals surface area contributed by atoms with Crippen molar-refractivity contribution in [1.29, 1.82) is 0 Å². The van der Waals surface area contributed by atoms with E-state index in [1.54, 1.807) is 29.2 Å². The van der Waals surface area contributed by atoms with Crippen molar-refractivity contribution in [2.45, 2.75) is 13.8 Å². The molecule has 1 heterocycles. The Hall–Kier alpha value is -2.86. The summed E-state index contributed by atoms with van der Waals surface area (Å²) in [7, 11) is 0. The molecule has 0 atom stereocenters. The number of para-hydroxylation sites is 1. The quantitative estimate of drug-likeness (QED) is 0.881. The van der Waals surface area contributed by atoms with Crippen molar-refractivity contribution in [3.05, 3.63) is 59.2 Å². The maximum absolute atomic E-state index is 12.8. The predicted octanol–water partition coefficient (Wildman–Crippen LogP) is 2.79. The van der Waals surface area contributed by atoms with Crippen molar-refractivity contribution in [2.24, 2.45) is 0 Å². The summed E-state index contributed by atoms with van der Waals surface area (Å²) in [4.78, 5) is 26.8. The van der Waals surface area contributed by atoms with Gasteiger partial charge in [-0.15, -0.1) is 0 Å². The second-order valence-electron chi connectivity index (χ2n) is 6.49. The Bertz CT molecular complexity index is 829. The van der Waals surface area contributed by atoms with Crippen LogP contribution < -0.4 is 10.1 Å².